The number of thiophene rings is 1. The number of hydrogen-bond acceptors (Lipinski definition) is 4. The summed E-state index contributed by atoms with van der Waals surface area (Å²) in [5, 5.41) is 4.03. The molecule has 0 unspecified atom stereocenters. The second-order valence-corrected chi connectivity index (χ2v) is 5.61. The van der Waals surface area contributed by atoms with E-state index in [-0.39, 0.29) is 5.82 Å². The molecule has 6 heteroatoms. The molecular formula is C13H9ClFN3S. The van der Waals surface area contributed by atoms with Crippen LogP contribution in [0.1, 0.15) is 4.88 Å². The summed E-state index contributed by atoms with van der Waals surface area (Å²) in [5.74, 6) is -0.0610. The number of hydrogen-bond donors (Lipinski definition) is 1. The number of anilines is 2. The lowest BCUT2D eigenvalue weighted by Crippen LogP contribution is -1.98. The molecule has 3 nitrogen and oxygen atoms in total. The first-order valence-electron chi connectivity index (χ1n) is 5.59. The summed E-state index contributed by atoms with van der Waals surface area (Å²) in [4.78, 5) is 10.4. The van der Waals surface area contributed by atoms with Crippen LogP contribution in [0.4, 0.5) is 16.0 Å². The number of halogens is 2. The largest absolute Gasteiger partial charge is 0.322 e. The van der Waals surface area contributed by atoms with Gasteiger partial charge in [-0.2, -0.15) is 0 Å². The van der Waals surface area contributed by atoms with Crippen molar-refractivity contribution in [1.82, 2.24) is 9.97 Å². The Morgan fingerprint density at radius 3 is 2.84 bits per heavy atom. The van der Waals surface area contributed by atoms with Gasteiger partial charge in [-0.25, -0.2) is 14.4 Å². The van der Waals surface area contributed by atoms with Crippen molar-refractivity contribution < 1.29 is 4.39 Å². The number of nitrogens with one attached hydrogen (secondary N) is 1. The highest BCUT2D eigenvalue weighted by Crippen LogP contribution is 2.30. The van der Waals surface area contributed by atoms with Gasteiger partial charge in [0.25, 0.3) is 0 Å². The first kappa shape index (κ1) is 12.3. The summed E-state index contributed by atoms with van der Waals surface area (Å²) in [6.07, 6.45) is 0. The zero-order chi connectivity index (χ0) is 13.4. The Morgan fingerprint density at radius 2 is 2.05 bits per heavy atom. The van der Waals surface area contributed by atoms with Crippen LogP contribution in [0.5, 0.6) is 0 Å². The lowest BCUT2D eigenvalue weighted by molar-refractivity contribution is 0.631. The lowest BCUT2D eigenvalue weighted by Gasteiger charge is -2.06. The average molecular weight is 294 g/mol. The maximum Gasteiger partial charge on any atom is 0.230 e. The van der Waals surface area contributed by atoms with Crippen molar-refractivity contribution in [1.29, 1.82) is 0 Å². The van der Waals surface area contributed by atoms with Gasteiger partial charge < -0.3 is 5.32 Å². The van der Waals surface area contributed by atoms with Gasteiger partial charge in [0.05, 0.1) is 5.69 Å². The summed E-state index contributed by atoms with van der Waals surface area (Å²) in [5.41, 5.74) is 0.325. The molecule has 0 saturated carbocycles. The van der Waals surface area contributed by atoms with Crippen LogP contribution >= 0.6 is 22.9 Å². The van der Waals surface area contributed by atoms with Crippen molar-refractivity contribution >= 4 is 44.8 Å². The lowest BCUT2D eigenvalue weighted by atomic mass is 10.3. The van der Waals surface area contributed by atoms with Gasteiger partial charge in [0.1, 0.15) is 15.8 Å². The molecule has 0 fully saturated rings. The van der Waals surface area contributed by atoms with Gasteiger partial charge in [0.15, 0.2) is 0 Å². The van der Waals surface area contributed by atoms with Gasteiger partial charge in [0.2, 0.25) is 5.95 Å². The molecule has 0 atom stereocenters. The third kappa shape index (κ3) is 2.39. The molecule has 96 valence electrons. The van der Waals surface area contributed by atoms with Crippen molar-refractivity contribution in [2.75, 3.05) is 5.32 Å². The molecule has 2 aromatic heterocycles. The molecule has 0 aliphatic rings. The number of benzene rings is 1. The fourth-order valence-corrected chi connectivity index (χ4v) is 2.91. The van der Waals surface area contributed by atoms with Gasteiger partial charge in [-0.05, 0) is 25.1 Å². The van der Waals surface area contributed by atoms with Gasteiger partial charge in [0, 0.05) is 10.3 Å². The van der Waals surface area contributed by atoms with E-state index in [4.69, 9.17) is 11.6 Å². The zero-order valence-electron chi connectivity index (χ0n) is 9.95. The molecule has 0 spiro atoms. The van der Waals surface area contributed by atoms with Crippen molar-refractivity contribution in [2.45, 2.75) is 6.92 Å². The molecule has 1 aromatic carbocycles. The van der Waals surface area contributed by atoms with E-state index in [1.165, 1.54) is 17.4 Å². The smallest absolute Gasteiger partial charge is 0.230 e. The molecule has 0 radical (unpaired) electrons. The minimum Gasteiger partial charge on any atom is -0.322 e. The molecule has 0 aliphatic heterocycles. The molecule has 0 aliphatic carbocycles. The Balaban J connectivity index is 2.04. The fourth-order valence-electron chi connectivity index (χ4n) is 1.75. The Bertz CT molecular complexity index is 757. The molecule has 0 amide bonds. The number of fused-ring (bicyclic) bond motifs is 1. The molecule has 0 saturated heterocycles. The minimum absolute atomic E-state index is 0.296. The molecule has 19 heavy (non-hydrogen) atoms. The highest BCUT2D eigenvalue weighted by molar-refractivity contribution is 7.18. The van der Waals surface area contributed by atoms with Crippen LogP contribution in [0.2, 0.25) is 5.15 Å². The van der Waals surface area contributed by atoms with Crippen LogP contribution in [0.3, 0.4) is 0 Å². The van der Waals surface area contributed by atoms with E-state index in [2.05, 4.69) is 15.3 Å². The SMILES string of the molecule is Cc1cc2c(Cl)nc(Nc3ccccc3F)nc2s1. The van der Waals surface area contributed by atoms with E-state index in [0.717, 1.165) is 15.1 Å². The Labute approximate surface area is 118 Å². The maximum absolute atomic E-state index is 13.5. The number of rotatable bonds is 2. The fraction of sp³-hybridized carbons (Fsp3) is 0.0769. The maximum atomic E-state index is 13.5. The molecule has 3 rings (SSSR count). The van der Waals surface area contributed by atoms with Crippen LogP contribution in [-0.2, 0) is 0 Å². The first-order chi connectivity index (χ1) is 9.13. The second-order valence-electron chi connectivity index (χ2n) is 4.02. The van der Waals surface area contributed by atoms with Crippen LogP contribution in [0.25, 0.3) is 10.2 Å². The Hall–Kier alpha value is -1.72. The van der Waals surface area contributed by atoms with Gasteiger partial charge >= 0.3 is 0 Å². The second kappa shape index (κ2) is 4.75. The number of para-hydroxylation sites is 1. The summed E-state index contributed by atoms with van der Waals surface area (Å²) in [6.45, 7) is 1.98. The van der Waals surface area contributed by atoms with Gasteiger partial charge in [-0.3, -0.25) is 0 Å². The zero-order valence-corrected chi connectivity index (χ0v) is 11.5. The molecule has 2 heterocycles. The standard InChI is InChI=1S/C13H9ClFN3S/c1-7-6-8-11(14)17-13(18-12(8)19-7)16-10-5-3-2-4-9(10)15/h2-6H,1H3,(H,16,17,18). The number of aromatic nitrogens is 2. The van der Waals surface area contributed by atoms with Crippen molar-refractivity contribution in [3.63, 3.8) is 0 Å². The van der Waals surface area contributed by atoms with Gasteiger partial charge in [-0.15, -0.1) is 11.3 Å². The average Bonchev–Trinajstić information content (AvgIpc) is 2.73. The molecular weight excluding hydrogens is 285 g/mol. The van der Waals surface area contributed by atoms with Crippen LogP contribution in [-0.4, -0.2) is 9.97 Å². The van der Waals surface area contributed by atoms with E-state index in [0.29, 0.717) is 16.8 Å². The van der Waals surface area contributed by atoms with E-state index >= 15 is 0 Å². The van der Waals surface area contributed by atoms with Crippen LogP contribution in [0, 0.1) is 12.7 Å². The van der Waals surface area contributed by atoms with E-state index in [1.54, 1.807) is 18.2 Å². The van der Waals surface area contributed by atoms with Crippen LogP contribution < -0.4 is 5.32 Å². The predicted molar refractivity (Wildman–Crippen MR) is 76.8 cm³/mol. The third-order valence-corrected chi connectivity index (χ3v) is 3.82. The summed E-state index contributed by atoms with van der Waals surface area (Å²) >= 11 is 7.63. The van der Waals surface area contributed by atoms with E-state index in [1.807, 2.05) is 13.0 Å². The minimum atomic E-state index is -0.357. The molecule has 1 N–H and O–H groups in total. The monoisotopic (exact) mass is 293 g/mol. The van der Waals surface area contributed by atoms with Crippen molar-refractivity contribution in [3.8, 4) is 0 Å². The summed E-state index contributed by atoms with van der Waals surface area (Å²) in [7, 11) is 0. The highest BCUT2D eigenvalue weighted by Gasteiger charge is 2.10. The normalized spacial score (nSPS) is 10.9. The third-order valence-electron chi connectivity index (χ3n) is 2.59. The Kier molecular flexibility index (Phi) is 3.08. The predicted octanol–water partition coefficient (Wildman–Crippen LogP) is 4.54. The highest BCUT2D eigenvalue weighted by atomic mass is 35.5. The topological polar surface area (TPSA) is 37.8 Å². The summed E-state index contributed by atoms with van der Waals surface area (Å²) in [6, 6.07) is 8.30. The van der Waals surface area contributed by atoms with Crippen molar-refractivity contribution in [3.05, 3.63) is 46.2 Å². The summed E-state index contributed by atoms with van der Waals surface area (Å²) < 4.78 is 13.5. The first-order valence-corrected chi connectivity index (χ1v) is 6.78. The molecule has 0 bridgehead atoms. The van der Waals surface area contributed by atoms with Crippen LogP contribution in [0.15, 0.2) is 30.3 Å². The molecule has 3 aromatic rings. The van der Waals surface area contributed by atoms with Gasteiger partial charge in [-0.1, -0.05) is 23.7 Å². The number of nitrogens with zero attached hydrogens (tertiary/aromatic N) is 2. The van der Waals surface area contributed by atoms with E-state index < -0.39 is 0 Å². The Morgan fingerprint density at radius 1 is 1.26 bits per heavy atom. The van der Waals surface area contributed by atoms with E-state index in [9.17, 15) is 4.39 Å². The number of aryl methyl sites for hydroxylation is 1. The van der Waals surface area contributed by atoms with Crippen molar-refractivity contribution in [2.24, 2.45) is 0 Å². The quantitative estimate of drug-likeness (QED) is 0.705.